The van der Waals surface area contributed by atoms with Crippen LogP contribution >= 0.6 is 0 Å². The van der Waals surface area contributed by atoms with Crippen molar-refractivity contribution in [3.8, 4) is 5.75 Å². The van der Waals surface area contributed by atoms with E-state index in [2.05, 4.69) is 36.9 Å². The van der Waals surface area contributed by atoms with Gasteiger partial charge < -0.3 is 15.2 Å². The second-order valence-corrected chi connectivity index (χ2v) is 5.93. The van der Waals surface area contributed by atoms with Crippen LogP contribution in [0, 0.1) is 6.92 Å². The first-order valence-electron chi connectivity index (χ1n) is 7.73. The molecule has 1 aromatic rings. The number of aryl methyl sites for hydroxylation is 1. The normalized spacial score (nSPS) is 24.8. The second kappa shape index (κ2) is 7.25. The van der Waals surface area contributed by atoms with Crippen molar-refractivity contribution >= 4 is 0 Å². The zero-order chi connectivity index (χ0) is 15.4. The summed E-state index contributed by atoms with van der Waals surface area (Å²) in [6.07, 6.45) is 2.40. The molecular formula is C17H28N2O2. The molecule has 1 aromatic carbocycles. The molecule has 1 fully saturated rings. The number of hydrogen-bond acceptors (Lipinski definition) is 4. The van der Waals surface area contributed by atoms with Gasteiger partial charge in [-0.2, -0.15) is 0 Å². The molecular weight excluding hydrogens is 264 g/mol. The largest absolute Gasteiger partial charge is 0.496 e. The maximum absolute atomic E-state index is 6.00. The highest BCUT2D eigenvalue weighted by Gasteiger charge is 2.32. The highest BCUT2D eigenvalue weighted by molar-refractivity contribution is 5.39. The molecule has 2 N–H and O–H groups in total. The SMILES string of the molecule is COc1ccc(C)cc1C(C)N1CCC(OC)CC1CN. The summed E-state index contributed by atoms with van der Waals surface area (Å²) >= 11 is 0. The Morgan fingerprint density at radius 1 is 1.38 bits per heavy atom. The molecule has 21 heavy (non-hydrogen) atoms. The minimum atomic E-state index is 0.297. The van der Waals surface area contributed by atoms with Gasteiger partial charge in [0.15, 0.2) is 0 Å². The second-order valence-electron chi connectivity index (χ2n) is 5.93. The van der Waals surface area contributed by atoms with Crippen molar-refractivity contribution in [1.82, 2.24) is 4.90 Å². The molecule has 3 unspecified atom stereocenters. The van der Waals surface area contributed by atoms with Crippen LogP contribution in [-0.4, -0.2) is 44.4 Å². The van der Waals surface area contributed by atoms with Crippen LogP contribution in [0.25, 0.3) is 0 Å². The van der Waals surface area contributed by atoms with Crippen molar-refractivity contribution in [2.24, 2.45) is 5.73 Å². The highest BCUT2D eigenvalue weighted by atomic mass is 16.5. The van der Waals surface area contributed by atoms with Crippen LogP contribution in [-0.2, 0) is 4.74 Å². The Hall–Kier alpha value is -1.10. The summed E-state index contributed by atoms with van der Waals surface area (Å²) < 4.78 is 11.1. The number of nitrogens with zero attached hydrogens (tertiary/aromatic N) is 1. The van der Waals surface area contributed by atoms with Crippen LogP contribution in [0.15, 0.2) is 18.2 Å². The molecule has 4 nitrogen and oxygen atoms in total. The summed E-state index contributed by atoms with van der Waals surface area (Å²) in [6, 6.07) is 7.03. The van der Waals surface area contributed by atoms with Crippen LogP contribution < -0.4 is 10.5 Å². The number of nitrogens with two attached hydrogens (primary N) is 1. The number of piperidine rings is 1. The van der Waals surface area contributed by atoms with Crippen LogP contribution in [0.1, 0.15) is 36.9 Å². The number of benzene rings is 1. The quantitative estimate of drug-likeness (QED) is 0.906. The minimum absolute atomic E-state index is 0.297. The van der Waals surface area contributed by atoms with E-state index in [1.165, 1.54) is 11.1 Å². The van der Waals surface area contributed by atoms with Gasteiger partial charge in [-0.15, -0.1) is 0 Å². The minimum Gasteiger partial charge on any atom is -0.496 e. The number of rotatable bonds is 5. The van der Waals surface area contributed by atoms with E-state index in [9.17, 15) is 0 Å². The molecule has 3 atom stereocenters. The molecule has 1 aliphatic rings. The van der Waals surface area contributed by atoms with Gasteiger partial charge in [0.1, 0.15) is 5.75 Å². The predicted molar refractivity (Wildman–Crippen MR) is 85.7 cm³/mol. The maximum atomic E-state index is 6.00. The van der Waals surface area contributed by atoms with Crippen molar-refractivity contribution in [2.75, 3.05) is 27.3 Å². The Morgan fingerprint density at radius 2 is 2.14 bits per heavy atom. The first-order chi connectivity index (χ1) is 10.1. The lowest BCUT2D eigenvalue weighted by atomic mass is 9.94. The van der Waals surface area contributed by atoms with Crippen molar-refractivity contribution in [3.05, 3.63) is 29.3 Å². The third-order valence-corrected chi connectivity index (χ3v) is 4.65. The molecule has 1 aliphatic heterocycles. The predicted octanol–water partition coefficient (Wildman–Crippen LogP) is 2.50. The van der Waals surface area contributed by atoms with Gasteiger partial charge in [0.25, 0.3) is 0 Å². The monoisotopic (exact) mass is 292 g/mol. The Kier molecular flexibility index (Phi) is 5.62. The average molecular weight is 292 g/mol. The molecule has 0 amide bonds. The zero-order valence-electron chi connectivity index (χ0n) is 13.6. The van der Waals surface area contributed by atoms with Crippen LogP contribution in [0.3, 0.4) is 0 Å². The van der Waals surface area contributed by atoms with Crippen molar-refractivity contribution in [3.63, 3.8) is 0 Å². The molecule has 0 saturated carbocycles. The van der Waals surface area contributed by atoms with Crippen molar-refractivity contribution in [2.45, 2.75) is 44.9 Å². The molecule has 4 heteroatoms. The zero-order valence-corrected chi connectivity index (χ0v) is 13.6. The fraction of sp³-hybridized carbons (Fsp3) is 0.647. The molecule has 118 valence electrons. The molecule has 0 aromatic heterocycles. The van der Waals surface area contributed by atoms with E-state index in [1.54, 1.807) is 14.2 Å². The Labute approximate surface area is 128 Å². The van der Waals surface area contributed by atoms with E-state index >= 15 is 0 Å². The number of methoxy groups -OCH3 is 2. The Balaban J connectivity index is 2.22. The van der Waals surface area contributed by atoms with E-state index in [0.29, 0.717) is 24.7 Å². The van der Waals surface area contributed by atoms with Crippen molar-refractivity contribution in [1.29, 1.82) is 0 Å². The van der Waals surface area contributed by atoms with E-state index < -0.39 is 0 Å². The van der Waals surface area contributed by atoms with Gasteiger partial charge in [-0.25, -0.2) is 0 Å². The molecule has 0 radical (unpaired) electrons. The standard InChI is InChI=1S/C17H28N2O2/c1-12-5-6-17(21-4)16(9-12)13(2)19-8-7-15(20-3)10-14(19)11-18/h5-6,9,13-15H,7-8,10-11,18H2,1-4H3. The number of hydrogen-bond donors (Lipinski definition) is 1. The topological polar surface area (TPSA) is 47.7 Å². The smallest absolute Gasteiger partial charge is 0.123 e. The molecule has 0 bridgehead atoms. The van der Waals surface area contributed by atoms with Crippen LogP contribution in [0.2, 0.25) is 0 Å². The van der Waals surface area contributed by atoms with Gasteiger partial charge in [-0.05, 0) is 32.8 Å². The van der Waals surface area contributed by atoms with Gasteiger partial charge >= 0.3 is 0 Å². The molecule has 0 spiro atoms. The van der Waals surface area contributed by atoms with E-state index in [4.69, 9.17) is 15.2 Å². The third kappa shape index (κ3) is 3.57. The lowest BCUT2D eigenvalue weighted by molar-refractivity contribution is -0.00196. The molecule has 0 aliphatic carbocycles. The van der Waals surface area contributed by atoms with Gasteiger partial charge in [0, 0.05) is 37.8 Å². The first kappa shape index (κ1) is 16.3. The summed E-state index contributed by atoms with van der Waals surface area (Å²) in [5.41, 5.74) is 8.50. The maximum Gasteiger partial charge on any atom is 0.123 e. The third-order valence-electron chi connectivity index (χ3n) is 4.65. The highest BCUT2D eigenvalue weighted by Crippen LogP contribution is 2.34. The summed E-state index contributed by atoms with van der Waals surface area (Å²) in [4.78, 5) is 2.49. The van der Waals surface area contributed by atoms with Crippen LogP contribution in [0.4, 0.5) is 0 Å². The fourth-order valence-corrected chi connectivity index (χ4v) is 3.35. The summed E-state index contributed by atoms with van der Waals surface area (Å²) in [5, 5.41) is 0. The van der Waals surface area contributed by atoms with Gasteiger partial charge in [0.2, 0.25) is 0 Å². The van der Waals surface area contributed by atoms with E-state index in [1.807, 2.05) is 0 Å². The average Bonchev–Trinajstić information content (AvgIpc) is 2.53. The van der Waals surface area contributed by atoms with E-state index in [0.717, 1.165) is 25.1 Å². The molecule has 1 saturated heterocycles. The lowest BCUT2D eigenvalue weighted by Gasteiger charge is -2.42. The number of likely N-dealkylation sites (tertiary alicyclic amines) is 1. The first-order valence-corrected chi connectivity index (χ1v) is 7.73. The van der Waals surface area contributed by atoms with Gasteiger partial charge in [-0.3, -0.25) is 4.90 Å². The molecule has 2 rings (SSSR count). The van der Waals surface area contributed by atoms with Crippen LogP contribution in [0.5, 0.6) is 5.75 Å². The molecule has 1 heterocycles. The van der Waals surface area contributed by atoms with E-state index in [-0.39, 0.29) is 0 Å². The summed E-state index contributed by atoms with van der Waals surface area (Å²) in [7, 11) is 3.53. The van der Waals surface area contributed by atoms with Gasteiger partial charge in [-0.1, -0.05) is 17.7 Å². The lowest BCUT2D eigenvalue weighted by Crippen LogP contribution is -2.49. The Bertz CT molecular complexity index is 464. The Morgan fingerprint density at radius 3 is 2.76 bits per heavy atom. The number of ether oxygens (including phenoxy) is 2. The fourth-order valence-electron chi connectivity index (χ4n) is 3.35. The summed E-state index contributed by atoms with van der Waals surface area (Å²) in [5.74, 6) is 0.956. The van der Waals surface area contributed by atoms with Crippen molar-refractivity contribution < 1.29 is 9.47 Å². The van der Waals surface area contributed by atoms with Gasteiger partial charge in [0.05, 0.1) is 13.2 Å². The summed E-state index contributed by atoms with van der Waals surface area (Å²) in [6.45, 7) is 6.04.